The molecule has 0 spiro atoms. The first-order valence-corrected chi connectivity index (χ1v) is 2.08. The highest BCUT2D eigenvalue weighted by molar-refractivity contribution is 6.23. The maximum absolute atomic E-state index is 7.92. The highest BCUT2D eigenvalue weighted by Crippen LogP contribution is 1.94. The van der Waals surface area contributed by atoms with Gasteiger partial charge in [0.2, 0.25) is 0 Å². The van der Waals surface area contributed by atoms with Crippen LogP contribution in [0.3, 0.4) is 0 Å². The van der Waals surface area contributed by atoms with Crippen molar-refractivity contribution in [1.82, 2.24) is 0 Å². The van der Waals surface area contributed by atoms with Gasteiger partial charge in [-0.05, 0) is 6.42 Å². The first-order valence-electron chi connectivity index (χ1n) is 1.64. The summed E-state index contributed by atoms with van der Waals surface area (Å²) < 4.78 is 0. The molecule has 1 atom stereocenters. The van der Waals surface area contributed by atoms with E-state index in [2.05, 4.69) is 0 Å². The van der Waals surface area contributed by atoms with Gasteiger partial charge in [-0.3, -0.25) is 0 Å². The number of nitriles is 1. The molecule has 2 heteroatoms. The van der Waals surface area contributed by atoms with E-state index >= 15 is 0 Å². The van der Waals surface area contributed by atoms with E-state index in [1.807, 2.05) is 6.07 Å². The minimum absolute atomic E-state index is 0.412. The molecule has 1 radical (unpaired) electrons. The number of hydrogen-bond donors (Lipinski definition) is 0. The van der Waals surface area contributed by atoms with Gasteiger partial charge in [0.15, 0.2) is 0 Å². The van der Waals surface area contributed by atoms with Crippen LogP contribution in [0.25, 0.3) is 0 Å². The summed E-state index contributed by atoms with van der Waals surface area (Å²) in [5.41, 5.74) is 0. The predicted molar refractivity (Wildman–Crippen MR) is 25.2 cm³/mol. The van der Waals surface area contributed by atoms with Crippen LogP contribution in [0.1, 0.15) is 6.92 Å². The second-order valence-electron chi connectivity index (χ2n) is 0.864. The normalized spacial score (nSPS) is 12.8. The summed E-state index contributed by atoms with van der Waals surface area (Å²) in [6.45, 7) is 1.75. The van der Waals surface area contributed by atoms with Crippen molar-refractivity contribution in [1.29, 1.82) is 5.26 Å². The molecule has 0 heterocycles. The number of rotatable bonds is 1. The lowest BCUT2D eigenvalue weighted by Crippen LogP contribution is -1.87. The molecule has 0 aromatic carbocycles. The van der Waals surface area contributed by atoms with Crippen molar-refractivity contribution in [2.24, 2.45) is 0 Å². The Hall–Kier alpha value is -0.220. The smallest absolute Gasteiger partial charge is 0.123 e. The SMILES string of the molecule is C[CH]C(Cl)C#N. The second kappa shape index (κ2) is 2.99. The van der Waals surface area contributed by atoms with Gasteiger partial charge in [0.1, 0.15) is 5.38 Å². The highest BCUT2D eigenvalue weighted by atomic mass is 35.5. The van der Waals surface area contributed by atoms with Crippen molar-refractivity contribution < 1.29 is 0 Å². The average molecular weight is 103 g/mol. The Morgan fingerprint density at radius 3 is 2.50 bits per heavy atom. The topological polar surface area (TPSA) is 23.8 Å². The molecule has 0 fully saturated rings. The van der Waals surface area contributed by atoms with Crippen LogP contribution < -0.4 is 0 Å². The van der Waals surface area contributed by atoms with Crippen molar-refractivity contribution in [2.75, 3.05) is 0 Å². The van der Waals surface area contributed by atoms with Gasteiger partial charge in [-0.2, -0.15) is 5.26 Å². The van der Waals surface area contributed by atoms with E-state index in [1.165, 1.54) is 0 Å². The molecular formula is C4H5ClN. The molecule has 0 aromatic rings. The fourth-order valence-corrected chi connectivity index (χ4v) is 0.0745. The lowest BCUT2D eigenvalue weighted by atomic mass is 10.4. The first-order chi connectivity index (χ1) is 2.81. The Morgan fingerprint density at radius 2 is 2.50 bits per heavy atom. The van der Waals surface area contributed by atoms with E-state index in [9.17, 15) is 0 Å². The second-order valence-corrected chi connectivity index (χ2v) is 1.33. The molecule has 0 rings (SSSR count). The van der Waals surface area contributed by atoms with Crippen molar-refractivity contribution in [3.63, 3.8) is 0 Å². The molecule has 0 N–H and O–H groups in total. The summed E-state index contributed by atoms with van der Waals surface area (Å²) in [5, 5.41) is 7.51. The van der Waals surface area contributed by atoms with E-state index in [0.29, 0.717) is 0 Å². The van der Waals surface area contributed by atoms with Crippen LogP contribution in [0.4, 0.5) is 0 Å². The van der Waals surface area contributed by atoms with Gasteiger partial charge in [0, 0.05) is 0 Å². The van der Waals surface area contributed by atoms with E-state index in [-0.39, 0.29) is 0 Å². The number of alkyl halides is 1. The lowest BCUT2D eigenvalue weighted by Gasteiger charge is -1.83. The van der Waals surface area contributed by atoms with Crippen molar-refractivity contribution in [2.45, 2.75) is 12.3 Å². The Balaban J connectivity index is 3.04. The molecule has 0 aromatic heterocycles. The molecule has 0 bridgehead atoms. The van der Waals surface area contributed by atoms with Crippen LogP contribution in [-0.2, 0) is 0 Å². The van der Waals surface area contributed by atoms with Crippen LogP contribution in [0.5, 0.6) is 0 Å². The summed E-state index contributed by atoms with van der Waals surface area (Å²) in [6, 6.07) is 1.82. The zero-order valence-corrected chi connectivity index (χ0v) is 4.24. The van der Waals surface area contributed by atoms with Gasteiger partial charge in [0.05, 0.1) is 6.07 Å². The van der Waals surface area contributed by atoms with Crippen LogP contribution in [-0.4, -0.2) is 5.38 Å². The van der Waals surface area contributed by atoms with Crippen molar-refractivity contribution in [3.8, 4) is 6.07 Å². The Labute approximate surface area is 42.5 Å². The fraction of sp³-hybridized carbons (Fsp3) is 0.500. The molecule has 6 heavy (non-hydrogen) atoms. The van der Waals surface area contributed by atoms with Gasteiger partial charge < -0.3 is 0 Å². The van der Waals surface area contributed by atoms with Gasteiger partial charge in [-0.1, -0.05) is 6.92 Å². The standard InChI is InChI=1S/C4H5ClN/c1-2-4(5)3-6/h2,4H,1H3. The minimum atomic E-state index is -0.412. The van der Waals surface area contributed by atoms with Gasteiger partial charge in [-0.25, -0.2) is 0 Å². The largest absolute Gasteiger partial charge is 0.197 e. The van der Waals surface area contributed by atoms with Crippen LogP contribution >= 0.6 is 11.6 Å². The molecule has 0 saturated heterocycles. The molecular weight excluding hydrogens is 97.5 g/mol. The zero-order valence-electron chi connectivity index (χ0n) is 3.48. The third-order valence-corrected chi connectivity index (χ3v) is 0.766. The first kappa shape index (κ1) is 5.78. The summed E-state index contributed by atoms with van der Waals surface area (Å²) in [5.74, 6) is 0. The summed E-state index contributed by atoms with van der Waals surface area (Å²) >= 11 is 5.23. The molecule has 33 valence electrons. The summed E-state index contributed by atoms with van der Waals surface area (Å²) in [6.07, 6.45) is 1.63. The summed E-state index contributed by atoms with van der Waals surface area (Å²) in [4.78, 5) is 0. The maximum atomic E-state index is 7.92. The summed E-state index contributed by atoms with van der Waals surface area (Å²) in [7, 11) is 0. The Bertz CT molecular complexity index is 64.4. The molecule has 0 aliphatic heterocycles. The molecule has 0 saturated carbocycles. The fourth-order valence-electron chi connectivity index (χ4n) is 0.0745. The molecule has 0 aliphatic rings. The number of hydrogen-bond acceptors (Lipinski definition) is 1. The zero-order chi connectivity index (χ0) is 4.99. The third kappa shape index (κ3) is 2.04. The van der Waals surface area contributed by atoms with Crippen molar-refractivity contribution >= 4 is 11.6 Å². The van der Waals surface area contributed by atoms with Gasteiger partial charge in [-0.15, -0.1) is 11.6 Å². The van der Waals surface area contributed by atoms with E-state index in [1.54, 1.807) is 13.3 Å². The van der Waals surface area contributed by atoms with Gasteiger partial charge in [0.25, 0.3) is 0 Å². The minimum Gasteiger partial charge on any atom is -0.197 e. The van der Waals surface area contributed by atoms with Crippen LogP contribution in [0.2, 0.25) is 0 Å². The van der Waals surface area contributed by atoms with E-state index in [0.717, 1.165) is 0 Å². The molecule has 0 aliphatic carbocycles. The quantitative estimate of drug-likeness (QED) is 0.459. The Morgan fingerprint density at radius 1 is 2.00 bits per heavy atom. The monoisotopic (exact) mass is 102 g/mol. The number of nitrogens with zero attached hydrogens (tertiary/aromatic N) is 1. The van der Waals surface area contributed by atoms with Crippen LogP contribution in [0.15, 0.2) is 0 Å². The lowest BCUT2D eigenvalue weighted by molar-refractivity contribution is 1.22. The van der Waals surface area contributed by atoms with Gasteiger partial charge >= 0.3 is 0 Å². The Kier molecular flexibility index (Phi) is 2.88. The van der Waals surface area contributed by atoms with Crippen LogP contribution in [0, 0.1) is 17.8 Å². The van der Waals surface area contributed by atoms with E-state index in [4.69, 9.17) is 16.9 Å². The average Bonchev–Trinajstić information content (AvgIpc) is 1.65. The number of halogens is 1. The molecule has 1 unspecified atom stereocenters. The molecule has 1 nitrogen and oxygen atoms in total. The van der Waals surface area contributed by atoms with E-state index < -0.39 is 5.38 Å². The highest BCUT2D eigenvalue weighted by Gasteiger charge is 1.92. The third-order valence-electron chi connectivity index (χ3n) is 0.416. The van der Waals surface area contributed by atoms with Crippen molar-refractivity contribution in [3.05, 3.63) is 6.42 Å². The maximum Gasteiger partial charge on any atom is 0.123 e. The molecule has 0 amide bonds. The predicted octanol–water partition coefficient (Wildman–Crippen LogP) is 1.34.